The van der Waals surface area contributed by atoms with Crippen LogP contribution in [-0.2, 0) is 9.53 Å². The number of carbonyl (C=O) groups is 1. The smallest absolute Gasteiger partial charge is 0.261 e. The van der Waals surface area contributed by atoms with E-state index in [0.717, 1.165) is 6.41 Å². The van der Waals surface area contributed by atoms with Gasteiger partial charge in [-0.3, -0.25) is 4.79 Å². The van der Waals surface area contributed by atoms with Crippen LogP contribution in [0.4, 0.5) is 0 Å². The lowest BCUT2D eigenvalue weighted by molar-refractivity contribution is -0.115. The van der Waals surface area contributed by atoms with Gasteiger partial charge in [-0.25, -0.2) is 4.98 Å². The Bertz CT molecular complexity index is 446. The Morgan fingerprint density at radius 3 is 2.50 bits per heavy atom. The first kappa shape index (κ1) is 17.6. The summed E-state index contributed by atoms with van der Waals surface area (Å²) in [4.78, 5) is 18.5. The van der Waals surface area contributed by atoms with Gasteiger partial charge in [0.25, 0.3) is 5.88 Å². The van der Waals surface area contributed by atoms with Crippen molar-refractivity contribution in [1.29, 1.82) is 5.26 Å². The van der Waals surface area contributed by atoms with E-state index in [1.165, 1.54) is 18.2 Å². The van der Waals surface area contributed by atoms with Gasteiger partial charge in [-0.05, 0) is 0 Å². The maximum atomic E-state index is 9.43. The molecule has 0 fully saturated rings. The quantitative estimate of drug-likeness (QED) is 0.538. The van der Waals surface area contributed by atoms with Gasteiger partial charge in [0.2, 0.25) is 12.2 Å². The summed E-state index contributed by atoms with van der Waals surface area (Å²) >= 11 is 0. The minimum absolute atomic E-state index is 0.0472. The normalized spacial score (nSPS) is 8.75. The molecule has 8 heteroatoms. The van der Waals surface area contributed by atoms with Gasteiger partial charge in [0.05, 0.1) is 19.9 Å². The second kappa shape index (κ2) is 10.5. The maximum Gasteiger partial charge on any atom is 0.261 e. The highest BCUT2D eigenvalue weighted by atomic mass is 16.5. The molecule has 1 heterocycles. The van der Waals surface area contributed by atoms with Crippen LogP contribution in [0.5, 0.6) is 11.6 Å². The molecule has 110 valence electrons. The largest absolute Gasteiger partial charge is 0.484 e. The molecule has 0 aliphatic rings. The molecule has 0 saturated carbocycles. The van der Waals surface area contributed by atoms with Crippen molar-refractivity contribution in [2.24, 2.45) is 0 Å². The molecule has 0 atom stereocenters. The molecule has 1 rings (SSSR count). The van der Waals surface area contributed by atoms with Crippen molar-refractivity contribution in [3.8, 4) is 17.7 Å². The maximum absolute atomic E-state index is 9.43. The monoisotopic (exact) mass is 282 g/mol. The van der Waals surface area contributed by atoms with Crippen molar-refractivity contribution in [2.75, 3.05) is 41.5 Å². The third-order valence-electron chi connectivity index (χ3n) is 1.77. The average Bonchev–Trinajstić information content (AvgIpc) is 2.48. The van der Waals surface area contributed by atoms with Gasteiger partial charge in [-0.15, -0.1) is 0 Å². The van der Waals surface area contributed by atoms with Crippen molar-refractivity contribution < 1.29 is 19.0 Å². The van der Waals surface area contributed by atoms with E-state index in [1.807, 2.05) is 6.07 Å². The third kappa shape index (κ3) is 7.13. The van der Waals surface area contributed by atoms with E-state index in [4.69, 9.17) is 19.5 Å². The van der Waals surface area contributed by atoms with Crippen LogP contribution in [0.1, 0.15) is 5.82 Å². The van der Waals surface area contributed by atoms with Gasteiger partial charge < -0.3 is 19.1 Å². The standard InChI is InChI=1S/C9H11N3O3.C3H7NO/c1-13-3-4-15-7-6-11-8(5-10)12-9(7)14-2;1-4(2)3-5/h6H,3-4H2,1-2H3;3H,1-2H3. The van der Waals surface area contributed by atoms with Gasteiger partial charge in [0, 0.05) is 21.2 Å². The number of amides is 1. The summed E-state index contributed by atoms with van der Waals surface area (Å²) in [6, 6.07) is 1.81. The van der Waals surface area contributed by atoms with Gasteiger partial charge in [0.15, 0.2) is 5.75 Å². The predicted octanol–water partition coefficient (Wildman–Crippen LogP) is 0.0865. The zero-order valence-electron chi connectivity index (χ0n) is 12.0. The molecule has 0 aliphatic carbocycles. The average molecular weight is 282 g/mol. The fourth-order valence-corrected chi connectivity index (χ4v) is 0.889. The first-order chi connectivity index (χ1) is 9.58. The lowest BCUT2D eigenvalue weighted by Crippen LogP contribution is -2.06. The van der Waals surface area contributed by atoms with E-state index >= 15 is 0 Å². The Morgan fingerprint density at radius 1 is 1.40 bits per heavy atom. The minimum atomic E-state index is 0.0472. The Morgan fingerprint density at radius 2 is 2.05 bits per heavy atom. The van der Waals surface area contributed by atoms with Gasteiger partial charge in [-0.1, -0.05) is 0 Å². The van der Waals surface area contributed by atoms with E-state index in [2.05, 4.69) is 9.97 Å². The molecule has 0 spiro atoms. The molecule has 0 unspecified atom stereocenters. The number of rotatable bonds is 6. The number of nitriles is 1. The Kier molecular flexibility index (Phi) is 9.25. The van der Waals surface area contributed by atoms with Crippen molar-refractivity contribution in [2.45, 2.75) is 0 Å². The molecular formula is C12H18N4O4. The highest BCUT2D eigenvalue weighted by Gasteiger charge is 2.08. The van der Waals surface area contributed by atoms with Gasteiger partial charge in [0.1, 0.15) is 12.7 Å². The molecule has 1 amide bonds. The van der Waals surface area contributed by atoms with E-state index < -0.39 is 0 Å². The molecule has 0 saturated heterocycles. The van der Waals surface area contributed by atoms with Crippen molar-refractivity contribution >= 4 is 6.41 Å². The van der Waals surface area contributed by atoms with E-state index in [9.17, 15) is 4.79 Å². The second-order valence-corrected chi connectivity index (χ2v) is 3.59. The SMILES string of the molecule is CN(C)C=O.COCCOc1cnc(C#N)nc1OC. The van der Waals surface area contributed by atoms with E-state index in [-0.39, 0.29) is 11.7 Å². The summed E-state index contributed by atoms with van der Waals surface area (Å²) in [6.45, 7) is 0.839. The summed E-state index contributed by atoms with van der Waals surface area (Å²) in [7, 11) is 6.41. The zero-order chi connectivity index (χ0) is 15.4. The first-order valence-electron chi connectivity index (χ1n) is 5.63. The first-order valence-corrected chi connectivity index (χ1v) is 5.63. The topological polar surface area (TPSA) is 97.6 Å². The Labute approximate surface area is 117 Å². The van der Waals surface area contributed by atoms with Crippen LogP contribution < -0.4 is 9.47 Å². The zero-order valence-corrected chi connectivity index (χ0v) is 12.0. The van der Waals surface area contributed by atoms with Crippen LogP contribution in [0.15, 0.2) is 6.20 Å². The summed E-state index contributed by atoms with van der Waals surface area (Å²) in [5.41, 5.74) is 0. The highest BCUT2D eigenvalue weighted by Crippen LogP contribution is 2.22. The molecule has 1 aromatic heterocycles. The molecule has 20 heavy (non-hydrogen) atoms. The number of nitrogens with zero attached hydrogens (tertiary/aromatic N) is 4. The number of aromatic nitrogens is 2. The fourth-order valence-electron chi connectivity index (χ4n) is 0.889. The predicted molar refractivity (Wildman–Crippen MR) is 70.4 cm³/mol. The Hall–Kier alpha value is -2.40. The number of methoxy groups -OCH3 is 2. The van der Waals surface area contributed by atoms with Gasteiger partial charge >= 0.3 is 0 Å². The number of hydrogen-bond acceptors (Lipinski definition) is 7. The lowest BCUT2D eigenvalue weighted by Gasteiger charge is -2.08. The van der Waals surface area contributed by atoms with Crippen LogP contribution in [0.25, 0.3) is 0 Å². The summed E-state index contributed by atoms with van der Waals surface area (Å²) in [6.07, 6.45) is 2.15. The molecule has 8 nitrogen and oxygen atoms in total. The van der Waals surface area contributed by atoms with Crippen LogP contribution >= 0.6 is 0 Å². The molecular weight excluding hydrogens is 264 g/mol. The number of carbonyl (C=O) groups excluding carboxylic acids is 1. The van der Waals surface area contributed by atoms with Crippen LogP contribution in [0, 0.1) is 11.3 Å². The highest BCUT2D eigenvalue weighted by molar-refractivity contribution is 5.45. The van der Waals surface area contributed by atoms with E-state index in [0.29, 0.717) is 19.0 Å². The number of hydrogen-bond donors (Lipinski definition) is 0. The number of ether oxygens (including phenoxy) is 3. The fraction of sp³-hybridized carbons (Fsp3) is 0.500. The van der Waals surface area contributed by atoms with Crippen molar-refractivity contribution in [3.05, 3.63) is 12.0 Å². The molecule has 0 aromatic carbocycles. The molecule has 0 N–H and O–H groups in total. The summed E-state index contributed by atoms with van der Waals surface area (Å²) in [5.74, 6) is 0.692. The lowest BCUT2D eigenvalue weighted by atomic mass is 10.5. The van der Waals surface area contributed by atoms with Crippen LogP contribution in [-0.4, -0.2) is 62.8 Å². The molecule has 1 aromatic rings. The van der Waals surface area contributed by atoms with Crippen LogP contribution in [0.3, 0.4) is 0 Å². The molecule has 0 aliphatic heterocycles. The van der Waals surface area contributed by atoms with E-state index in [1.54, 1.807) is 21.2 Å². The van der Waals surface area contributed by atoms with Crippen LogP contribution in [0.2, 0.25) is 0 Å². The molecule has 0 bridgehead atoms. The molecule has 0 radical (unpaired) electrons. The third-order valence-corrected chi connectivity index (χ3v) is 1.77. The van der Waals surface area contributed by atoms with Crippen molar-refractivity contribution in [3.63, 3.8) is 0 Å². The summed E-state index contributed by atoms with van der Waals surface area (Å²) < 4.78 is 15.1. The minimum Gasteiger partial charge on any atom is -0.484 e. The second-order valence-electron chi connectivity index (χ2n) is 3.59. The van der Waals surface area contributed by atoms with Gasteiger partial charge in [-0.2, -0.15) is 10.2 Å². The van der Waals surface area contributed by atoms with Crippen molar-refractivity contribution in [1.82, 2.24) is 14.9 Å². The summed E-state index contributed by atoms with van der Waals surface area (Å²) in [5, 5.41) is 8.57. The Balaban J connectivity index is 0.000000621.